The second-order valence-corrected chi connectivity index (χ2v) is 3.51. The van der Waals surface area contributed by atoms with E-state index in [9.17, 15) is 15.0 Å². The number of carbonyl (C=O) groups is 1. The van der Waals surface area contributed by atoms with Crippen LogP contribution in [0.2, 0.25) is 0 Å². The van der Waals surface area contributed by atoms with Crippen LogP contribution in [0.4, 0.5) is 0 Å². The Bertz CT molecular complexity index is 217. The van der Waals surface area contributed by atoms with Gasteiger partial charge in [-0.3, -0.25) is 10.1 Å². The zero-order valence-corrected chi connectivity index (χ0v) is 9.20. The Morgan fingerprint density at radius 1 is 1.47 bits per heavy atom. The van der Waals surface area contributed by atoms with E-state index in [-0.39, 0.29) is 24.9 Å². The van der Waals surface area contributed by atoms with E-state index < -0.39 is 24.3 Å². The Morgan fingerprint density at radius 3 is 2.53 bits per heavy atom. The van der Waals surface area contributed by atoms with Crippen LogP contribution in [-0.2, 0) is 4.79 Å². The molecule has 1 aliphatic heterocycles. The molecule has 6 nitrogen and oxygen atoms in total. The van der Waals surface area contributed by atoms with E-state index in [1.165, 1.54) is 6.92 Å². The summed E-state index contributed by atoms with van der Waals surface area (Å²) in [6.07, 6.45) is -2.76. The van der Waals surface area contributed by atoms with Gasteiger partial charge in [0, 0.05) is 26.0 Å². The third-order valence-corrected chi connectivity index (χ3v) is 2.37. The average molecular weight is 241 g/mol. The van der Waals surface area contributed by atoms with Gasteiger partial charge in [-0.15, -0.1) is 12.4 Å². The molecule has 7 heteroatoms. The molecule has 0 unspecified atom stereocenters. The van der Waals surface area contributed by atoms with Crippen LogP contribution in [-0.4, -0.2) is 52.8 Å². The van der Waals surface area contributed by atoms with Gasteiger partial charge in [-0.1, -0.05) is 0 Å². The number of aliphatic hydroxyl groups is 3. The number of halogens is 1. The zero-order chi connectivity index (χ0) is 10.7. The predicted molar refractivity (Wildman–Crippen MR) is 55.4 cm³/mol. The molecule has 1 amide bonds. The number of carbonyl (C=O) groups excluding carboxylic acids is 1. The van der Waals surface area contributed by atoms with Crippen molar-refractivity contribution in [2.45, 2.75) is 25.3 Å². The molecule has 0 bridgehead atoms. The van der Waals surface area contributed by atoms with Crippen molar-refractivity contribution in [3.8, 4) is 0 Å². The lowest BCUT2D eigenvalue weighted by Crippen LogP contribution is -2.64. The quantitative estimate of drug-likeness (QED) is 0.377. The Kier molecular flexibility index (Phi) is 6.07. The summed E-state index contributed by atoms with van der Waals surface area (Å²) in [5.41, 5.74) is 0. The number of piperidine rings is 1. The molecule has 1 heterocycles. The zero-order valence-electron chi connectivity index (χ0n) is 8.38. The summed E-state index contributed by atoms with van der Waals surface area (Å²) in [6.45, 7) is 1.50. The molecule has 0 aromatic rings. The maximum absolute atomic E-state index is 10.7. The molecule has 1 rings (SSSR count). The van der Waals surface area contributed by atoms with E-state index in [0.717, 1.165) is 0 Å². The maximum atomic E-state index is 10.7. The SMILES string of the molecule is CC(=O)N[C@@H]1NC[C@H](CO)[C@H](O)[C@@H]1O.Cl. The molecule has 0 aromatic carbocycles. The van der Waals surface area contributed by atoms with Crippen molar-refractivity contribution in [1.82, 2.24) is 10.6 Å². The van der Waals surface area contributed by atoms with E-state index in [0.29, 0.717) is 6.54 Å². The molecule has 15 heavy (non-hydrogen) atoms. The Hall–Kier alpha value is -0.400. The van der Waals surface area contributed by atoms with Gasteiger partial charge >= 0.3 is 0 Å². The molecule has 0 radical (unpaired) electrons. The summed E-state index contributed by atoms with van der Waals surface area (Å²) in [7, 11) is 0. The first kappa shape index (κ1) is 14.6. The van der Waals surface area contributed by atoms with Crippen molar-refractivity contribution in [2.24, 2.45) is 5.92 Å². The van der Waals surface area contributed by atoms with Crippen LogP contribution in [0, 0.1) is 5.92 Å². The predicted octanol–water partition coefficient (Wildman–Crippen LogP) is -2.20. The smallest absolute Gasteiger partial charge is 0.218 e. The number of aliphatic hydroxyl groups excluding tert-OH is 3. The van der Waals surface area contributed by atoms with Crippen molar-refractivity contribution >= 4 is 18.3 Å². The largest absolute Gasteiger partial charge is 0.396 e. The van der Waals surface area contributed by atoms with Crippen LogP contribution < -0.4 is 10.6 Å². The molecule has 4 atom stereocenters. The van der Waals surface area contributed by atoms with Crippen LogP contribution in [0.5, 0.6) is 0 Å². The first-order valence-electron chi connectivity index (χ1n) is 4.53. The van der Waals surface area contributed by atoms with Gasteiger partial charge in [0.15, 0.2) is 0 Å². The summed E-state index contributed by atoms with van der Waals surface area (Å²) < 4.78 is 0. The van der Waals surface area contributed by atoms with Gasteiger partial charge in [-0.05, 0) is 0 Å². The summed E-state index contributed by atoms with van der Waals surface area (Å²) in [6, 6.07) is 0. The Balaban J connectivity index is 0.00000196. The molecule has 5 N–H and O–H groups in total. The monoisotopic (exact) mass is 240 g/mol. The minimum absolute atomic E-state index is 0. The van der Waals surface area contributed by atoms with Gasteiger partial charge in [0.1, 0.15) is 12.3 Å². The third kappa shape index (κ3) is 3.58. The number of nitrogens with one attached hydrogen (secondary N) is 2. The second kappa shape index (κ2) is 6.24. The van der Waals surface area contributed by atoms with Gasteiger partial charge in [0.05, 0.1) is 6.10 Å². The van der Waals surface area contributed by atoms with Gasteiger partial charge < -0.3 is 20.6 Å². The highest BCUT2D eigenvalue weighted by molar-refractivity contribution is 5.85. The first-order chi connectivity index (χ1) is 6.56. The lowest BCUT2D eigenvalue weighted by molar-refractivity contribution is -0.124. The molecular formula is C8H17ClN2O4. The van der Waals surface area contributed by atoms with Crippen LogP contribution in [0.3, 0.4) is 0 Å². The number of hydrogen-bond acceptors (Lipinski definition) is 5. The summed E-state index contributed by atoms with van der Waals surface area (Å²) >= 11 is 0. The van der Waals surface area contributed by atoms with E-state index >= 15 is 0 Å². The molecule has 0 aromatic heterocycles. The van der Waals surface area contributed by atoms with Gasteiger partial charge in [-0.2, -0.15) is 0 Å². The van der Waals surface area contributed by atoms with Crippen molar-refractivity contribution in [1.29, 1.82) is 0 Å². The van der Waals surface area contributed by atoms with Crippen LogP contribution >= 0.6 is 12.4 Å². The number of rotatable bonds is 2. The summed E-state index contributed by atoms with van der Waals surface area (Å²) in [4.78, 5) is 10.7. The van der Waals surface area contributed by atoms with Gasteiger partial charge in [0.2, 0.25) is 5.91 Å². The Labute approximate surface area is 94.1 Å². The first-order valence-corrected chi connectivity index (χ1v) is 4.53. The highest BCUT2D eigenvalue weighted by atomic mass is 35.5. The van der Waals surface area contributed by atoms with Crippen molar-refractivity contribution in [3.05, 3.63) is 0 Å². The maximum Gasteiger partial charge on any atom is 0.218 e. The van der Waals surface area contributed by atoms with E-state index in [4.69, 9.17) is 5.11 Å². The van der Waals surface area contributed by atoms with E-state index in [1.54, 1.807) is 0 Å². The number of hydrogen-bond donors (Lipinski definition) is 5. The molecule has 0 saturated carbocycles. The van der Waals surface area contributed by atoms with Gasteiger partial charge in [-0.25, -0.2) is 0 Å². The fourth-order valence-electron chi connectivity index (χ4n) is 1.52. The fraction of sp³-hybridized carbons (Fsp3) is 0.875. The lowest BCUT2D eigenvalue weighted by Gasteiger charge is -2.37. The number of amides is 1. The van der Waals surface area contributed by atoms with E-state index in [1.807, 2.05) is 0 Å². The third-order valence-electron chi connectivity index (χ3n) is 2.37. The van der Waals surface area contributed by atoms with E-state index in [2.05, 4.69) is 10.6 Å². The van der Waals surface area contributed by atoms with Crippen molar-refractivity contribution in [3.63, 3.8) is 0 Å². The highest BCUT2D eigenvalue weighted by Crippen LogP contribution is 2.14. The molecule has 1 aliphatic rings. The van der Waals surface area contributed by atoms with Crippen LogP contribution in [0.25, 0.3) is 0 Å². The lowest BCUT2D eigenvalue weighted by atomic mass is 9.92. The highest BCUT2D eigenvalue weighted by Gasteiger charge is 2.36. The van der Waals surface area contributed by atoms with Crippen molar-refractivity contribution < 1.29 is 20.1 Å². The normalized spacial score (nSPS) is 35.5. The molecule has 90 valence electrons. The van der Waals surface area contributed by atoms with Crippen LogP contribution in [0.1, 0.15) is 6.92 Å². The van der Waals surface area contributed by atoms with Crippen molar-refractivity contribution in [2.75, 3.05) is 13.2 Å². The minimum atomic E-state index is -1.09. The second-order valence-electron chi connectivity index (χ2n) is 3.51. The minimum Gasteiger partial charge on any atom is -0.396 e. The molecule has 0 aliphatic carbocycles. The summed E-state index contributed by atoms with van der Waals surface area (Å²) in [5, 5.41) is 33.2. The molecule has 1 fully saturated rings. The standard InChI is InChI=1S/C8H16N2O4.ClH/c1-4(12)10-8-7(14)6(13)5(3-11)2-9-8;/h5-9,11,13-14H,2-3H2,1H3,(H,10,12);1H/t5-,6+,7+,8+;/m1./s1. The summed E-state index contributed by atoms with van der Waals surface area (Å²) in [5.74, 6) is -0.675. The van der Waals surface area contributed by atoms with Gasteiger partial charge in [0.25, 0.3) is 0 Å². The Morgan fingerprint density at radius 2 is 2.07 bits per heavy atom. The molecular weight excluding hydrogens is 224 g/mol. The topological polar surface area (TPSA) is 102 Å². The fourth-order valence-corrected chi connectivity index (χ4v) is 1.52. The molecule has 0 spiro atoms. The molecule has 1 saturated heterocycles. The average Bonchev–Trinajstić information content (AvgIpc) is 2.13. The van der Waals surface area contributed by atoms with Crippen LogP contribution in [0.15, 0.2) is 0 Å².